The fraction of sp³-hybridized carbons (Fsp3) is 0.222. The number of aromatic amines is 1. The zero-order chi connectivity index (χ0) is 11.8. The number of hydrogen-bond acceptors (Lipinski definition) is 6. The molecule has 0 radical (unpaired) electrons. The van der Waals surface area contributed by atoms with E-state index in [2.05, 4.69) is 25.0 Å². The third kappa shape index (κ3) is 1.46. The SMILES string of the molecule is NCC1=NN(c2ncnc3nc[nH]c23)C(=O)C1. The van der Waals surface area contributed by atoms with Crippen LogP contribution >= 0.6 is 0 Å². The summed E-state index contributed by atoms with van der Waals surface area (Å²) in [6.07, 6.45) is 3.08. The third-order valence-corrected chi connectivity index (χ3v) is 2.47. The minimum absolute atomic E-state index is 0.153. The first kappa shape index (κ1) is 9.85. The van der Waals surface area contributed by atoms with E-state index in [0.29, 0.717) is 22.7 Å². The second-order valence-electron chi connectivity index (χ2n) is 3.55. The Morgan fingerprint density at radius 2 is 2.29 bits per heavy atom. The van der Waals surface area contributed by atoms with Gasteiger partial charge in [0, 0.05) is 6.54 Å². The Kier molecular flexibility index (Phi) is 2.08. The number of carbonyl (C=O) groups excluding carboxylic acids is 1. The van der Waals surface area contributed by atoms with Crippen molar-refractivity contribution in [2.24, 2.45) is 10.8 Å². The number of amides is 1. The number of carbonyl (C=O) groups is 1. The van der Waals surface area contributed by atoms with E-state index in [1.54, 1.807) is 0 Å². The van der Waals surface area contributed by atoms with Crippen LogP contribution in [0.1, 0.15) is 6.42 Å². The molecule has 0 unspecified atom stereocenters. The van der Waals surface area contributed by atoms with Crippen molar-refractivity contribution in [1.82, 2.24) is 19.9 Å². The molecule has 86 valence electrons. The molecule has 0 saturated heterocycles. The van der Waals surface area contributed by atoms with Crippen LogP contribution in [0.4, 0.5) is 5.82 Å². The predicted molar refractivity (Wildman–Crippen MR) is 60.3 cm³/mol. The van der Waals surface area contributed by atoms with E-state index in [-0.39, 0.29) is 18.9 Å². The lowest BCUT2D eigenvalue weighted by Crippen LogP contribution is -2.21. The van der Waals surface area contributed by atoms with Gasteiger partial charge in [0.1, 0.15) is 11.8 Å². The molecule has 0 atom stereocenters. The molecule has 1 aliphatic rings. The first-order chi connectivity index (χ1) is 8.29. The maximum Gasteiger partial charge on any atom is 0.254 e. The number of nitrogens with zero attached hydrogens (tertiary/aromatic N) is 5. The largest absolute Gasteiger partial charge is 0.340 e. The van der Waals surface area contributed by atoms with Crippen molar-refractivity contribution in [1.29, 1.82) is 0 Å². The van der Waals surface area contributed by atoms with E-state index in [0.717, 1.165) is 0 Å². The van der Waals surface area contributed by atoms with E-state index < -0.39 is 0 Å². The summed E-state index contributed by atoms with van der Waals surface area (Å²) in [5, 5.41) is 5.37. The Morgan fingerprint density at radius 3 is 3.06 bits per heavy atom. The van der Waals surface area contributed by atoms with E-state index in [1.165, 1.54) is 17.7 Å². The molecule has 17 heavy (non-hydrogen) atoms. The molecule has 3 heterocycles. The van der Waals surface area contributed by atoms with Crippen LogP contribution in [0.25, 0.3) is 11.2 Å². The number of imidazole rings is 1. The summed E-state index contributed by atoms with van der Waals surface area (Å²) in [5.41, 5.74) is 7.19. The van der Waals surface area contributed by atoms with Crippen LogP contribution in [0.2, 0.25) is 0 Å². The summed E-state index contributed by atoms with van der Waals surface area (Å²) >= 11 is 0. The molecule has 1 aliphatic heterocycles. The van der Waals surface area contributed by atoms with Crippen molar-refractivity contribution >= 4 is 28.6 Å². The van der Waals surface area contributed by atoms with E-state index in [1.807, 2.05) is 0 Å². The smallest absolute Gasteiger partial charge is 0.254 e. The maximum atomic E-state index is 11.8. The van der Waals surface area contributed by atoms with Gasteiger partial charge in [-0.2, -0.15) is 10.1 Å². The van der Waals surface area contributed by atoms with Crippen molar-refractivity contribution in [2.75, 3.05) is 11.6 Å². The highest BCUT2D eigenvalue weighted by atomic mass is 16.2. The van der Waals surface area contributed by atoms with Crippen molar-refractivity contribution in [3.05, 3.63) is 12.7 Å². The average molecular weight is 231 g/mol. The first-order valence-electron chi connectivity index (χ1n) is 5.03. The molecule has 0 bridgehead atoms. The number of hydrazone groups is 1. The quantitative estimate of drug-likeness (QED) is 0.716. The third-order valence-electron chi connectivity index (χ3n) is 2.47. The summed E-state index contributed by atoms with van der Waals surface area (Å²) in [6.45, 7) is 0.263. The summed E-state index contributed by atoms with van der Waals surface area (Å²) in [6, 6.07) is 0. The predicted octanol–water partition coefficient (Wildman–Crippen LogP) is -0.596. The van der Waals surface area contributed by atoms with Gasteiger partial charge < -0.3 is 10.7 Å². The topological polar surface area (TPSA) is 113 Å². The molecule has 8 nitrogen and oxygen atoms in total. The molecule has 8 heteroatoms. The number of nitrogens with one attached hydrogen (secondary N) is 1. The number of nitrogens with two attached hydrogens (primary N) is 1. The molecule has 2 aromatic heterocycles. The monoisotopic (exact) mass is 231 g/mol. The van der Waals surface area contributed by atoms with Gasteiger partial charge in [0.05, 0.1) is 18.5 Å². The van der Waals surface area contributed by atoms with Crippen LogP contribution in [-0.4, -0.2) is 38.1 Å². The fourth-order valence-electron chi connectivity index (χ4n) is 1.67. The van der Waals surface area contributed by atoms with Crippen LogP contribution in [-0.2, 0) is 4.79 Å². The van der Waals surface area contributed by atoms with Gasteiger partial charge in [-0.25, -0.2) is 15.0 Å². The van der Waals surface area contributed by atoms with E-state index >= 15 is 0 Å². The maximum absolute atomic E-state index is 11.8. The Labute approximate surface area is 95.6 Å². The Morgan fingerprint density at radius 1 is 1.41 bits per heavy atom. The summed E-state index contributed by atoms with van der Waals surface area (Å²) < 4.78 is 0. The number of aromatic nitrogens is 4. The minimum atomic E-state index is -0.153. The van der Waals surface area contributed by atoms with Crippen molar-refractivity contribution < 1.29 is 4.79 Å². The molecule has 3 N–H and O–H groups in total. The van der Waals surface area contributed by atoms with Gasteiger partial charge in [-0.1, -0.05) is 0 Å². The van der Waals surface area contributed by atoms with E-state index in [4.69, 9.17) is 5.73 Å². The molecular formula is C9H9N7O. The standard InChI is InChI=1S/C9H9N7O/c10-2-5-1-6(17)16(15-5)9-7-8(12-3-11-7)13-4-14-9/h3-4H,1-2,10H2,(H,11,12,13,14). The van der Waals surface area contributed by atoms with Crippen molar-refractivity contribution in [3.63, 3.8) is 0 Å². The van der Waals surface area contributed by atoms with Crippen LogP contribution < -0.4 is 10.7 Å². The summed E-state index contributed by atoms with van der Waals surface area (Å²) in [5.74, 6) is 0.251. The van der Waals surface area contributed by atoms with Crippen LogP contribution in [0.3, 0.4) is 0 Å². The number of anilines is 1. The molecule has 2 aromatic rings. The summed E-state index contributed by atoms with van der Waals surface area (Å²) in [4.78, 5) is 26.7. The second kappa shape index (κ2) is 3.59. The normalized spacial score (nSPS) is 15.7. The number of hydrogen-bond donors (Lipinski definition) is 2. The van der Waals surface area contributed by atoms with Gasteiger partial charge in [-0.15, -0.1) is 0 Å². The van der Waals surface area contributed by atoms with Gasteiger partial charge in [0.2, 0.25) is 0 Å². The Hall–Kier alpha value is -2.35. The van der Waals surface area contributed by atoms with E-state index in [9.17, 15) is 4.79 Å². The molecule has 0 spiro atoms. The van der Waals surface area contributed by atoms with Gasteiger partial charge >= 0.3 is 0 Å². The number of fused-ring (bicyclic) bond motifs is 1. The molecule has 0 saturated carbocycles. The van der Waals surface area contributed by atoms with Gasteiger partial charge in [-0.3, -0.25) is 4.79 Å². The second-order valence-corrected chi connectivity index (χ2v) is 3.55. The van der Waals surface area contributed by atoms with Crippen LogP contribution in [0, 0.1) is 0 Å². The minimum Gasteiger partial charge on any atom is -0.340 e. The molecular weight excluding hydrogens is 222 g/mol. The lowest BCUT2D eigenvalue weighted by molar-refractivity contribution is -0.116. The fourth-order valence-corrected chi connectivity index (χ4v) is 1.67. The zero-order valence-corrected chi connectivity index (χ0v) is 8.79. The van der Waals surface area contributed by atoms with Crippen molar-refractivity contribution in [3.8, 4) is 0 Å². The highest BCUT2D eigenvalue weighted by Crippen LogP contribution is 2.23. The first-order valence-corrected chi connectivity index (χ1v) is 5.03. The van der Waals surface area contributed by atoms with Gasteiger partial charge in [0.25, 0.3) is 5.91 Å². The molecule has 0 aliphatic carbocycles. The van der Waals surface area contributed by atoms with Crippen LogP contribution in [0.15, 0.2) is 17.8 Å². The highest BCUT2D eigenvalue weighted by molar-refractivity contribution is 6.14. The number of H-pyrrole nitrogens is 1. The summed E-state index contributed by atoms with van der Waals surface area (Å²) in [7, 11) is 0. The van der Waals surface area contributed by atoms with Gasteiger partial charge in [0.15, 0.2) is 11.5 Å². The molecule has 0 aromatic carbocycles. The lowest BCUT2D eigenvalue weighted by atomic mass is 10.3. The van der Waals surface area contributed by atoms with Crippen LogP contribution in [0.5, 0.6) is 0 Å². The molecule has 0 fully saturated rings. The lowest BCUT2D eigenvalue weighted by Gasteiger charge is -2.10. The Balaban J connectivity index is 2.12. The van der Waals surface area contributed by atoms with Gasteiger partial charge in [-0.05, 0) is 0 Å². The average Bonchev–Trinajstić information content (AvgIpc) is 2.94. The molecule has 3 rings (SSSR count). The number of rotatable bonds is 2. The molecule has 1 amide bonds. The van der Waals surface area contributed by atoms with Crippen molar-refractivity contribution in [2.45, 2.75) is 6.42 Å². The zero-order valence-electron chi connectivity index (χ0n) is 8.79. The highest BCUT2D eigenvalue weighted by Gasteiger charge is 2.27. The Bertz CT molecular complexity index is 617.